The molecule has 0 aromatic heterocycles. The Balaban J connectivity index is 1.60. The van der Waals surface area contributed by atoms with E-state index in [1.807, 2.05) is 0 Å². The Morgan fingerprint density at radius 1 is 0.732 bits per heavy atom. The summed E-state index contributed by atoms with van der Waals surface area (Å²) in [7, 11) is -5.06. The maximum absolute atomic E-state index is 12.0. The zero-order valence-electron chi connectivity index (χ0n) is 20.6. The number of carbonyl (C=O) groups excluding carboxylic acids is 1. The third kappa shape index (κ3) is 5.07. The monoisotopic (exact) mass is 571 g/mol. The van der Waals surface area contributed by atoms with Gasteiger partial charge in [-0.1, -0.05) is 30.3 Å². The molecule has 0 bridgehead atoms. The molecule has 0 saturated heterocycles. The normalized spacial score (nSPS) is 12.1. The molecule has 5 N–H and O–H groups in total. The van der Waals surface area contributed by atoms with Crippen LogP contribution in [-0.4, -0.2) is 34.3 Å². The molecule has 206 valence electrons. The molecule has 0 amide bonds. The molecule has 0 atom stereocenters. The number of anilines is 1. The van der Waals surface area contributed by atoms with Crippen LogP contribution in [-0.2, 0) is 10.1 Å². The molecular weight excluding hydrogens is 554 g/mol. The molecule has 0 radical (unpaired) electrons. The molecule has 0 heterocycles. The van der Waals surface area contributed by atoms with Crippen LogP contribution in [0.1, 0.15) is 10.4 Å². The van der Waals surface area contributed by atoms with Crippen LogP contribution < -0.4 is 10.8 Å². The predicted octanol–water partition coefficient (Wildman–Crippen LogP) is 4.79. The largest absolute Gasteiger partial charge is 0.744 e. The highest BCUT2D eigenvalue weighted by atomic mass is 32.2. The summed E-state index contributed by atoms with van der Waals surface area (Å²) in [4.78, 5) is 10.5. The number of nitrogens with zero attached hydrogens (tertiary/aromatic N) is 4. The maximum atomic E-state index is 12.0. The average molecular weight is 572 g/mol. The Morgan fingerprint density at radius 2 is 1.32 bits per heavy atom. The highest BCUT2D eigenvalue weighted by Gasteiger charge is 2.18. The van der Waals surface area contributed by atoms with E-state index in [1.165, 1.54) is 30.3 Å². The fourth-order valence-corrected chi connectivity index (χ4v) is 4.80. The second kappa shape index (κ2) is 10.2. The minimum absolute atomic E-state index is 0.172. The summed E-state index contributed by atoms with van der Waals surface area (Å²) in [6.07, 6.45) is 0. The number of azo groups is 2. The van der Waals surface area contributed by atoms with Gasteiger partial charge in [0.1, 0.15) is 27.2 Å². The molecule has 0 aliphatic carbocycles. The third-order valence-corrected chi connectivity index (χ3v) is 6.94. The summed E-state index contributed by atoms with van der Waals surface area (Å²) >= 11 is 0. The summed E-state index contributed by atoms with van der Waals surface area (Å²) in [6.45, 7) is 0. The van der Waals surface area contributed by atoms with Crippen LogP contribution in [0.25, 0.3) is 21.5 Å². The highest BCUT2D eigenvalue weighted by molar-refractivity contribution is 7.86. The number of carboxylic acid groups (broad SMARTS) is 1. The van der Waals surface area contributed by atoms with E-state index >= 15 is 0 Å². The number of fused-ring (bicyclic) bond motifs is 2. The van der Waals surface area contributed by atoms with Gasteiger partial charge in [-0.15, -0.1) is 20.5 Å². The first-order chi connectivity index (χ1) is 19.5. The summed E-state index contributed by atoms with van der Waals surface area (Å²) in [5.74, 6) is -3.92. The van der Waals surface area contributed by atoms with E-state index in [4.69, 9.17) is 5.73 Å². The van der Waals surface area contributed by atoms with Crippen LogP contribution in [0.3, 0.4) is 0 Å². The zero-order valence-corrected chi connectivity index (χ0v) is 21.4. The van der Waals surface area contributed by atoms with Gasteiger partial charge in [0.05, 0.1) is 27.8 Å². The molecule has 0 fully saturated rings. The number of nitrogens with two attached hydrogens (primary N) is 1. The molecule has 0 saturated carbocycles. The lowest BCUT2D eigenvalue weighted by Crippen LogP contribution is -2.22. The van der Waals surface area contributed by atoms with Crippen LogP contribution in [0.5, 0.6) is 17.2 Å². The molecule has 0 unspecified atom stereocenters. The van der Waals surface area contributed by atoms with E-state index in [2.05, 4.69) is 20.5 Å². The minimum Gasteiger partial charge on any atom is -0.744 e. The molecule has 5 aromatic carbocycles. The second-order valence-corrected chi connectivity index (χ2v) is 10.0. The lowest BCUT2D eigenvalue weighted by atomic mass is 10.1. The fraction of sp³-hybridized carbons (Fsp3) is 0. The zero-order chi connectivity index (χ0) is 29.5. The first kappa shape index (κ1) is 27.0. The van der Waals surface area contributed by atoms with Gasteiger partial charge in [0, 0.05) is 21.8 Å². The van der Waals surface area contributed by atoms with Crippen LogP contribution >= 0.6 is 0 Å². The van der Waals surface area contributed by atoms with Gasteiger partial charge in [-0.25, -0.2) is 8.42 Å². The van der Waals surface area contributed by atoms with E-state index in [1.54, 1.807) is 24.3 Å². The number of benzene rings is 5. The van der Waals surface area contributed by atoms with Gasteiger partial charge in [0.2, 0.25) is 0 Å². The van der Waals surface area contributed by atoms with Crippen molar-refractivity contribution in [1.29, 1.82) is 0 Å². The van der Waals surface area contributed by atoms with Gasteiger partial charge in [0.25, 0.3) is 0 Å². The molecule has 0 spiro atoms. The van der Waals surface area contributed by atoms with Gasteiger partial charge < -0.3 is 35.5 Å². The molecule has 0 aliphatic heterocycles. The summed E-state index contributed by atoms with van der Waals surface area (Å²) in [6, 6.07) is 17.2. The SMILES string of the molecule is Nc1ccc2cc(S(=O)(=O)[O-])c(N=Nc3ccc(N=Nc4ccc(O)c(C(=O)[O-])c4O)c4ccccc34)c(O)c2c1. The number of aromatic carboxylic acids is 1. The molecular formula is C27H17N5O8S-2. The molecule has 14 heteroatoms. The van der Waals surface area contributed by atoms with E-state index in [9.17, 15) is 38.2 Å². The minimum atomic E-state index is -5.06. The van der Waals surface area contributed by atoms with Gasteiger partial charge in [-0.05, 0) is 47.9 Å². The van der Waals surface area contributed by atoms with E-state index in [0.717, 1.165) is 18.2 Å². The molecule has 5 rings (SSSR count). The Hall–Kier alpha value is -5.60. The van der Waals surface area contributed by atoms with Crippen LogP contribution in [0.15, 0.2) is 98.1 Å². The quantitative estimate of drug-likeness (QED) is 0.124. The Kier molecular flexibility index (Phi) is 6.70. The Morgan fingerprint density at radius 3 is 1.93 bits per heavy atom. The standard InChI is InChI=1S/C27H19N5O8S/c28-14-6-5-13-11-22(41(38,39)40)24(25(34)17(13)12-14)32-30-19-8-7-18(15-3-1-2-4-16(15)19)29-31-20-9-10-21(33)23(26(20)35)27(36)37/h1-12,33-35H,28H2,(H,36,37)(H,38,39,40)/p-2. The van der Waals surface area contributed by atoms with Crippen molar-refractivity contribution >= 4 is 66.1 Å². The van der Waals surface area contributed by atoms with Gasteiger partial charge in [-0.2, -0.15) is 0 Å². The Labute approximate surface area is 230 Å². The molecule has 41 heavy (non-hydrogen) atoms. The van der Waals surface area contributed by atoms with E-state index in [-0.39, 0.29) is 27.8 Å². The predicted molar refractivity (Wildman–Crippen MR) is 144 cm³/mol. The Bertz CT molecular complexity index is 2060. The van der Waals surface area contributed by atoms with Crippen molar-refractivity contribution in [3.05, 3.63) is 78.4 Å². The second-order valence-electron chi connectivity index (χ2n) is 8.67. The number of carboxylic acids is 1. The number of aromatic hydroxyl groups is 3. The van der Waals surface area contributed by atoms with Crippen molar-refractivity contribution in [2.45, 2.75) is 4.90 Å². The van der Waals surface area contributed by atoms with Gasteiger partial charge >= 0.3 is 0 Å². The fourth-order valence-electron chi connectivity index (χ4n) is 4.15. The lowest BCUT2D eigenvalue weighted by molar-refractivity contribution is -0.255. The van der Waals surface area contributed by atoms with Crippen molar-refractivity contribution in [1.82, 2.24) is 0 Å². The number of phenols is 3. The summed E-state index contributed by atoms with van der Waals surface area (Å²) in [5.41, 5.74) is 4.94. The number of phenolic OH excluding ortho intramolecular Hbond substituents is 1. The van der Waals surface area contributed by atoms with Crippen LogP contribution in [0.2, 0.25) is 0 Å². The lowest BCUT2D eigenvalue weighted by Gasteiger charge is -2.13. The van der Waals surface area contributed by atoms with Crippen molar-refractivity contribution in [2.75, 3.05) is 5.73 Å². The molecule has 5 aromatic rings. The highest BCUT2D eigenvalue weighted by Crippen LogP contribution is 2.43. The average Bonchev–Trinajstić information content (AvgIpc) is 2.92. The summed E-state index contributed by atoms with van der Waals surface area (Å²) in [5, 5.41) is 59.3. The smallest absolute Gasteiger partial charge is 0.155 e. The van der Waals surface area contributed by atoms with Gasteiger partial charge in [-0.3, -0.25) is 0 Å². The van der Waals surface area contributed by atoms with Crippen molar-refractivity contribution in [3.63, 3.8) is 0 Å². The first-order valence-electron chi connectivity index (χ1n) is 11.6. The van der Waals surface area contributed by atoms with Gasteiger partial charge in [0.15, 0.2) is 11.5 Å². The van der Waals surface area contributed by atoms with Crippen molar-refractivity contribution in [3.8, 4) is 17.2 Å². The number of carbonyl (C=O) groups is 1. The van der Waals surface area contributed by atoms with Crippen LogP contribution in [0, 0.1) is 0 Å². The van der Waals surface area contributed by atoms with Crippen LogP contribution in [0.4, 0.5) is 28.4 Å². The number of hydrogen-bond donors (Lipinski definition) is 4. The van der Waals surface area contributed by atoms with Crippen molar-refractivity contribution in [2.24, 2.45) is 20.5 Å². The number of hydrogen-bond acceptors (Lipinski definition) is 13. The topological polar surface area (TPSA) is 233 Å². The number of rotatable bonds is 6. The van der Waals surface area contributed by atoms with E-state index < -0.39 is 49.5 Å². The first-order valence-corrected chi connectivity index (χ1v) is 13.0. The molecule has 13 nitrogen and oxygen atoms in total. The van der Waals surface area contributed by atoms with Crippen molar-refractivity contribution < 1.29 is 38.2 Å². The molecule has 0 aliphatic rings. The number of nitrogen functional groups attached to an aromatic ring is 1. The summed E-state index contributed by atoms with van der Waals surface area (Å²) < 4.78 is 36.0. The maximum Gasteiger partial charge on any atom is 0.155 e. The van der Waals surface area contributed by atoms with E-state index in [0.29, 0.717) is 16.5 Å². The third-order valence-electron chi connectivity index (χ3n) is 6.09.